The molecule has 1 saturated carbocycles. The van der Waals surface area contributed by atoms with Crippen molar-refractivity contribution >= 4 is 5.91 Å². The first-order valence-electron chi connectivity index (χ1n) is 6.62. The molecule has 3 N–H and O–H groups in total. The van der Waals surface area contributed by atoms with Gasteiger partial charge in [0, 0.05) is 6.54 Å². The standard InChI is InChI=1S/C14H22N2O2/c1-10-4-3-5-14(7-10,9-15)16-13(17)12-6-11(2)18-8-12/h6,8,10H,3-5,7,9,15H2,1-2H3,(H,16,17). The topological polar surface area (TPSA) is 68.3 Å². The predicted molar refractivity (Wildman–Crippen MR) is 70.3 cm³/mol. The Balaban J connectivity index is 2.08. The summed E-state index contributed by atoms with van der Waals surface area (Å²) in [6.45, 7) is 4.55. The van der Waals surface area contributed by atoms with Crippen molar-refractivity contribution < 1.29 is 9.21 Å². The molecule has 1 aliphatic rings. The van der Waals surface area contributed by atoms with Gasteiger partial charge in [0.15, 0.2) is 0 Å². The normalized spacial score (nSPS) is 28.1. The van der Waals surface area contributed by atoms with Crippen molar-refractivity contribution in [3.05, 3.63) is 23.7 Å². The third-order valence-electron chi connectivity index (χ3n) is 3.85. The smallest absolute Gasteiger partial charge is 0.255 e. The van der Waals surface area contributed by atoms with Gasteiger partial charge in [-0.1, -0.05) is 19.8 Å². The number of carbonyl (C=O) groups is 1. The highest BCUT2D eigenvalue weighted by atomic mass is 16.3. The van der Waals surface area contributed by atoms with Gasteiger partial charge in [-0.25, -0.2) is 0 Å². The van der Waals surface area contributed by atoms with Crippen LogP contribution in [0.2, 0.25) is 0 Å². The number of carbonyl (C=O) groups excluding carboxylic acids is 1. The van der Waals surface area contributed by atoms with E-state index in [1.165, 1.54) is 12.7 Å². The average molecular weight is 250 g/mol. The van der Waals surface area contributed by atoms with Crippen molar-refractivity contribution in [2.75, 3.05) is 6.54 Å². The maximum atomic E-state index is 12.2. The SMILES string of the molecule is Cc1cc(C(=O)NC2(CN)CCCC(C)C2)co1. The van der Waals surface area contributed by atoms with Crippen molar-refractivity contribution in [1.29, 1.82) is 0 Å². The number of nitrogens with two attached hydrogens (primary N) is 1. The van der Waals surface area contributed by atoms with E-state index in [9.17, 15) is 4.79 Å². The van der Waals surface area contributed by atoms with Gasteiger partial charge < -0.3 is 15.5 Å². The summed E-state index contributed by atoms with van der Waals surface area (Å²) in [5, 5.41) is 3.12. The molecule has 1 aromatic rings. The van der Waals surface area contributed by atoms with Crippen molar-refractivity contribution in [1.82, 2.24) is 5.32 Å². The molecule has 0 spiro atoms. The molecular weight excluding hydrogens is 228 g/mol. The molecule has 1 aromatic heterocycles. The Labute approximate surface area is 108 Å². The predicted octanol–water partition coefficient (Wildman–Crippen LogP) is 2.23. The van der Waals surface area contributed by atoms with Crippen LogP contribution in [0.25, 0.3) is 0 Å². The largest absolute Gasteiger partial charge is 0.469 e. The minimum absolute atomic E-state index is 0.0774. The van der Waals surface area contributed by atoms with E-state index >= 15 is 0 Å². The molecule has 0 saturated heterocycles. The third kappa shape index (κ3) is 2.75. The molecule has 1 amide bonds. The summed E-state index contributed by atoms with van der Waals surface area (Å²) in [5.74, 6) is 1.29. The molecule has 1 heterocycles. The number of furan rings is 1. The van der Waals surface area contributed by atoms with Crippen LogP contribution in [0.4, 0.5) is 0 Å². The Morgan fingerprint density at radius 3 is 3.00 bits per heavy atom. The molecule has 4 heteroatoms. The number of hydrogen-bond acceptors (Lipinski definition) is 3. The lowest BCUT2D eigenvalue weighted by atomic mass is 9.76. The number of aryl methyl sites for hydroxylation is 1. The van der Waals surface area contributed by atoms with Crippen LogP contribution in [0.15, 0.2) is 16.7 Å². The second-order valence-corrected chi connectivity index (χ2v) is 5.59. The Kier molecular flexibility index (Phi) is 3.76. The van der Waals surface area contributed by atoms with E-state index in [-0.39, 0.29) is 11.4 Å². The van der Waals surface area contributed by atoms with E-state index in [2.05, 4.69) is 12.2 Å². The summed E-state index contributed by atoms with van der Waals surface area (Å²) in [4.78, 5) is 12.2. The van der Waals surface area contributed by atoms with Crippen molar-refractivity contribution in [2.45, 2.75) is 45.1 Å². The molecule has 18 heavy (non-hydrogen) atoms. The van der Waals surface area contributed by atoms with Gasteiger partial charge in [-0.3, -0.25) is 4.79 Å². The van der Waals surface area contributed by atoms with Gasteiger partial charge in [-0.05, 0) is 31.7 Å². The van der Waals surface area contributed by atoms with Crippen LogP contribution in [-0.2, 0) is 0 Å². The molecule has 0 bridgehead atoms. The number of rotatable bonds is 3. The van der Waals surface area contributed by atoms with Gasteiger partial charge in [-0.15, -0.1) is 0 Å². The Hall–Kier alpha value is -1.29. The van der Waals surface area contributed by atoms with Crippen LogP contribution in [0, 0.1) is 12.8 Å². The fourth-order valence-corrected chi connectivity index (χ4v) is 2.89. The Morgan fingerprint density at radius 1 is 1.67 bits per heavy atom. The van der Waals surface area contributed by atoms with Crippen LogP contribution in [0.5, 0.6) is 0 Å². The van der Waals surface area contributed by atoms with E-state index in [1.54, 1.807) is 6.07 Å². The number of hydrogen-bond donors (Lipinski definition) is 2. The minimum atomic E-state index is -0.236. The van der Waals surface area contributed by atoms with Crippen LogP contribution < -0.4 is 11.1 Å². The lowest BCUT2D eigenvalue weighted by molar-refractivity contribution is 0.0853. The zero-order chi connectivity index (χ0) is 13.2. The van der Waals surface area contributed by atoms with Gasteiger partial charge in [-0.2, -0.15) is 0 Å². The lowest BCUT2D eigenvalue weighted by Gasteiger charge is -2.39. The van der Waals surface area contributed by atoms with Gasteiger partial charge in [0.25, 0.3) is 5.91 Å². The van der Waals surface area contributed by atoms with E-state index in [0.29, 0.717) is 18.0 Å². The molecule has 0 aliphatic heterocycles. The fraction of sp³-hybridized carbons (Fsp3) is 0.643. The van der Waals surface area contributed by atoms with Gasteiger partial charge >= 0.3 is 0 Å². The summed E-state index contributed by atoms with van der Waals surface area (Å²) in [7, 11) is 0. The quantitative estimate of drug-likeness (QED) is 0.864. The Morgan fingerprint density at radius 2 is 2.44 bits per heavy atom. The molecule has 0 radical (unpaired) electrons. The molecule has 4 nitrogen and oxygen atoms in total. The molecule has 100 valence electrons. The second-order valence-electron chi connectivity index (χ2n) is 5.59. The van der Waals surface area contributed by atoms with E-state index in [0.717, 1.165) is 25.0 Å². The van der Waals surface area contributed by atoms with Gasteiger partial charge in [0.1, 0.15) is 12.0 Å². The van der Waals surface area contributed by atoms with Gasteiger partial charge in [0.2, 0.25) is 0 Å². The van der Waals surface area contributed by atoms with E-state index in [1.807, 2.05) is 6.92 Å². The number of nitrogens with one attached hydrogen (secondary N) is 1. The summed E-state index contributed by atoms with van der Waals surface area (Å²) in [6, 6.07) is 1.76. The monoisotopic (exact) mass is 250 g/mol. The molecule has 1 fully saturated rings. The zero-order valence-electron chi connectivity index (χ0n) is 11.2. The first kappa shape index (κ1) is 13.1. The molecule has 2 unspecified atom stereocenters. The summed E-state index contributed by atoms with van der Waals surface area (Å²) in [5.41, 5.74) is 6.24. The second kappa shape index (κ2) is 5.14. The first-order chi connectivity index (χ1) is 8.54. The average Bonchev–Trinajstić information content (AvgIpc) is 2.76. The molecule has 2 atom stereocenters. The third-order valence-corrected chi connectivity index (χ3v) is 3.85. The zero-order valence-corrected chi connectivity index (χ0v) is 11.2. The van der Waals surface area contributed by atoms with Gasteiger partial charge in [0.05, 0.1) is 11.1 Å². The molecule has 0 aromatic carbocycles. The first-order valence-corrected chi connectivity index (χ1v) is 6.62. The molecule has 1 aliphatic carbocycles. The van der Waals surface area contributed by atoms with Crippen LogP contribution in [-0.4, -0.2) is 18.0 Å². The Bertz CT molecular complexity index is 427. The molecular formula is C14H22N2O2. The van der Waals surface area contributed by atoms with E-state index < -0.39 is 0 Å². The maximum absolute atomic E-state index is 12.2. The summed E-state index contributed by atoms with van der Waals surface area (Å²) >= 11 is 0. The van der Waals surface area contributed by atoms with Crippen molar-refractivity contribution in [3.8, 4) is 0 Å². The lowest BCUT2D eigenvalue weighted by Crippen LogP contribution is -2.55. The fourth-order valence-electron chi connectivity index (χ4n) is 2.89. The highest BCUT2D eigenvalue weighted by Crippen LogP contribution is 2.31. The number of amides is 1. The van der Waals surface area contributed by atoms with Crippen LogP contribution in [0.1, 0.15) is 48.7 Å². The van der Waals surface area contributed by atoms with Crippen LogP contribution in [0.3, 0.4) is 0 Å². The highest BCUT2D eigenvalue weighted by molar-refractivity contribution is 5.94. The maximum Gasteiger partial charge on any atom is 0.255 e. The summed E-state index contributed by atoms with van der Waals surface area (Å²) in [6.07, 6.45) is 5.79. The van der Waals surface area contributed by atoms with E-state index in [4.69, 9.17) is 10.2 Å². The van der Waals surface area contributed by atoms with Crippen molar-refractivity contribution in [2.24, 2.45) is 11.7 Å². The minimum Gasteiger partial charge on any atom is -0.469 e. The summed E-state index contributed by atoms with van der Waals surface area (Å²) < 4.78 is 5.17. The van der Waals surface area contributed by atoms with Crippen LogP contribution >= 0.6 is 0 Å². The molecule has 2 rings (SSSR count). The van der Waals surface area contributed by atoms with Crippen molar-refractivity contribution in [3.63, 3.8) is 0 Å². The highest BCUT2D eigenvalue weighted by Gasteiger charge is 2.35.